The van der Waals surface area contributed by atoms with Crippen LogP contribution in [0.3, 0.4) is 0 Å². The maximum absolute atomic E-state index is 13.0. The molecule has 1 amide bonds. The maximum Gasteiger partial charge on any atom is 0.222 e. The van der Waals surface area contributed by atoms with Crippen LogP contribution in [-0.4, -0.2) is 11.4 Å². The molecule has 5 heteroatoms. The zero-order chi connectivity index (χ0) is 13.9. The van der Waals surface area contributed by atoms with Crippen LogP contribution in [0.15, 0.2) is 18.2 Å². The van der Waals surface area contributed by atoms with Crippen LogP contribution in [-0.2, 0) is 4.79 Å². The van der Waals surface area contributed by atoms with Crippen molar-refractivity contribution in [2.24, 2.45) is 5.73 Å². The highest BCUT2D eigenvalue weighted by Crippen LogP contribution is 2.16. The first-order valence-corrected chi connectivity index (χ1v) is 5.72. The predicted octanol–water partition coefficient (Wildman–Crippen LogP) is 2.27. The molecule has 100 valence electrons. The van der Waals surface area contributed by atoms with Gasteiger partial charge in [0.2, 0.25) is 5.91 Å². The molecule has 1 atom stereocenters. The third-order valence-electron chi connectivity index (χ3n) is 2.44. The van der Waals surface area contributed by atoms with E-state index < -0.39 is 23.2 Å². The highest BCUT2D eigenvalue weighted by atomic mass is 19.2. The van der Waals surface area contributed by atoms with Crippen LogP contribution >= 0.6 is 0 Å². The van der Waals surface area contributed by atoms with Gasteiger partial charge in [-0.05, 0) is 38.5 Å². The van der Waals surface area contributed by atoms with Crippen LogP contribution in [0.25, 0.3) is 0 Å². The Morgan fingerprint density at radius 3 is 2.50 bits per heavy atom. The van der Waals surface area contributed by atoms with E-state index in [1.807, 2.05) is 0 Å². The number of amides is 1. The number of hydrogen-bond acceptors (Lipinski definition) is 2. The van der Waals surface area contributed by atoms with E-state index in [0.717, 1.165) is 12.1 Å². The summed E-state index contributed by atoms with van der Waals surface area (Å²) in [4.78, 5) is 11.6. The molecular weight excluding hydrogens is 238 g/mol. The summed E-state index contributed by atoms with van der Waals surface area (Å²) in [6.45, 7) is 5.19. The molecule has 0 spiro atoms. The highest BCUT2D eigenvalue weighted by Gasteiger charge is 2.18. The first kappa shape index (κ1) is 14.6. The molecule has 0 bridgehead atoms. The van der Waals surface area contributed by atoms with Gasteiger partial charge in [-0.2, -0.15) is 0 Å². The van der Waals surface area contributed by atoms with Gasteiger partial charge in [-0.1, -0.05) is 6.07 Å². The summed E-state index contributed by atoms with van der Waals surface area (Å²) in [6, 6.07) is 3.17. The summed E-state index contributed by atoms with van der Waals surface area (Å²) in [5, 5.41) is 2.69. The Labute approximate surface area is 105 Å². The Hall–Kier alpha value is -1.49. The van der Waals surface area contributed by atoms with E-state index in [9.17, 15) is 13.6 Å². The lowest BCUT2D eigenvalue weighted by Crippen LogP contribution is -2.39. The van der Waals surface area contributed by atoms with Gasteiger partial charge in [0, 0.05) is 12.0 Å². The number of benzene rings is 1. The third-order valence-corrected chi connectivity index (χ3v) is 2.44. The van der Waals surface area contributed by atoms with Crippen LogP contribution < -0.4 is 11.1 Å². The lowest BCUT2D eigenvalue weighted by molar-refractivity contribution is -0.122. The molecule has 0 aliphatic heterocycles. The second-order valence-electron chi connectivity index (χ2n) is 5.13. The van der Waals surface area contributed by atoms with E-state index in [2.05, 4.69) is 5.32 Å². The van der Waals surface area contributed by atoms with Crippen LogP contribution in [0, 0.1) is 11.6 Å². The Morgan fingerprint density at radius 1 is 1.39 bits per heavy atom. The Bertz CT molecular complexity index is 441. The second-order valence-corrected chi connectivity index (χ2v) is 5.13. The topological polar surface area (TPSA) is 55.1 Å². The average Bonchev–Trinajstić information content (AvgIpc) is 2.18. The Morgan fingerprint density at radius 2 is 2.00 bits per heavy atom. The van der Waals surface area contributed by atoms with Gasteiger partial charge < -0.3 is 11.1 Å². The van der Waals surface area contributed by atoms with Gasteiger partial charge in [0.1, 0.15) is 0 Å². The lowest BCUT2D eigenvalue weighted by atomic mass is 10.0. The molecule has 1 unspecified atom stereocenters. The lowest BCUT2D eigenvalue weighted by Gasteiger charge is -2.20. The molecule has 0 aromatic heterocycles. The van der Waals surface area contributed by atoms with Crippen molar-refractivity contribution in [2.45, 2.75) is 38.8 Å². The predicted molar refractivity (Wildman–Crippen MR) is 65.8 cm³/mol. The normalized spacial score (nSPS) is 13.2. The number of carbonyl (C=O) groups is 1. The first-order valence-electron chi connectivity index (χ1n) is 5.72. The summed E-state index contributed by atoms with van der Waals surface area (Å²) in [5.41, 5.74) is 5.64. The minimum atomic E-state index is -0.923. The number of carbonyl (C=O) groups excluding carboxylic acids is 1. The molecule has 0 aliphatic carbocycles. The van der Waals surface area contributed by atoms with E-state index in [1.54, 1.807) is 20.8 Å². The Kier molecular flexibility index (Phi) is 4.40. The van der Waals surface area contributed by atoms with Gasteiger partial charge in [0.25, 0.3) is 0 Å². The quantitative estimate of drug-likeness (QED) is 0.868. The molecule has 0 saturated carbocycles. The SMILES string of the molecule is CC(NC(=O)CC(C)(C)N)c1ccc(F)c(F)c1. The van der Waals surface area contributed by atoms with E-state index in [-0.39, 0.29) is 12.3 Å². The number of rotatable bonds is 4. The summed E-state index contributed by atoms with van der Waals surface area (Å²) in [5.74, 6) is -2.05. The molecule has 3 nitrogen and oxygen atoms in total. The van der Waals surface area contributed by atoms with Crippen molar-refractivity contribution >= 4 is 5.91 Å². The number of hydrogen-bond donors (Lipinski definition) is 2. The van der Waals surface area contributed by atoms with E-state index >= 15 is 0 Å². The fourth-order valence-corrected chi connectivity index (χ4v) is 1.57. The molecule has 18 heavy (non-hydrogen) atoms. The standard InChI is InChI=1S/C13H18F2N2O/c1-8(17-12(18)7-13(2,3)16)9-4-5-10(14)11(15)6-9/h4-6,8H,7,16H2,1-3H3,(H,17,18). The number of nitrogens with two attached hydrogens (primary N) is 1. The zero-order valence-corrected chi connectivity index (χ0v) is 10.8. The van der Waals surface area contributed by atoms with Gasteiger partial charge in [-0.15, -0.1) is 0 Å². The van der Waals surface area contributed by atoms with Crippen LogP contribution in [0.4, 0.5) is 8.78 Å². The maximum atomic E-state index is 13.0. The molecule has 0 aliphatic rings. The van der Waals surface area contributed by atoms with Crippen molar-refractivity contribution in [1.82, 2.24) is 5.32 Å². The van der Waals surface area contributed by atoms with E-state index in [0.29, 0.717) is 5.56 Å². The number of nitrogens with one attached hydrogen (secondary N) is 1. The molecule has 3 N–H and O–H groups in total. The largest absolute Gasteiger partial charge is 0.350 e. The fourth-order valence-electron chi connectivity index (χ4n) is 1.57. The minimum Gasteiger partial charge on any atom is -0.350 e. The summed E-state index contributed by atoms with van der Waals surface area (Å²) < 4.78 is 25.8. The van der Waals surface area contributed by atoms with Gasteiger partial charge in [-0.3, -0.25) is 4.79 Å². The average molecular weight is 256 g/mol. The van der Waals surface area contributed by atoms with Crippen molar-refractivity contribution in [1.29, 1.82) is 0 Å². The molecule has 1 aromatic carbocycles. The zero-order valence-electron chi connectivity index (χ0n) is 10.8. The van der Waals surface area contributed by atoms with Crippen molar-refractivity contribution in [3.8, 4) is 0 Å². The van der Waals surface area contributed by atoms with Crippen molar-refractivity contribution in [2.75, 3.05) is 0 Å². The third kappa shape index (κ3) is 4.41. The van der Waals surface area contributed by atoms with E-state index in [1.165, 1.54) is 6.07 Å². The molecule has 0 radical (unpaired) electrons. The minimum absolute atomic E-state index is 0.168. The van der Waals surface area contributed by atoms with Crippen LogP contribution in [0.1, 0.15) is 38.8 Å². The first-order chi connectivity index (χ1) is 8.19. The van der Waals surface area contributed by atoms with Gasteiger partial charge in [0.05, 0.1) is 6.04 Å². The number of halogens is 2. The molecule has 0 saturated heterocycles. The molecule has 0 heterocycles. The molecule has 1 rings (SSSR count). The van der Waals surface area contributed by atoms with Gasteiger partial charge in [0.15, 0.2) is 11.6 Å². The van der Waals surface area contributed by atoms with E-state index in [4.69, 9.17) is 5.73 Å². The smallest absolute Gasteiger partial charge is 0.222 e. The molecule has 1 aromatic rings. The monoisotopic (exact) mass is 256 g/mol. The molecule has 0 fully saturated rings. The summed E-state index contributed by atoms with van der Waals surface area (Å²) >= 11 is 0. The van der Waals surface area contributed by atoms with Gasteiger partial charge in [-0.25, -0.2) is 8.78 Å². The molecular formula is C13H18F2N2O. The summed E-state index contributed by atoms with van der Waals surface area (Å²) in [7, 11) is 0. The Balaban J connectivity index is 2.68. The fraction of sp³-hybridized carbons (Fsp3) is 0.462. The van der Waals surface area contributed by atoms with Crippen molar-refractivity contribution < 1.29 is 13.6 Å². The van der Waals surface area contributed by atoms with Crippen LogP contribution in [0.5, 0.6) is 0 Å². The van der Waals surface area contributed by atoms with Gasteiger partial charge >= 0.3 is 0 Å². The van der Waals surface area contributed by atoms with Crippen LogP contribution in [0.2, 0.25) is 0 Å². The van der Waals surface area contributed by atoms with Crippen molar-refractivity contribution in [3.63, 3.8) is 0 Å². The second kappa shape index (κ2) is 5.44. The summed E-state index contributed by atoms with van der Waals surface area (Å²) in [6.07, 6.45) is 0.168. The highest BCUT2D eigenvalue weighted by molar-refractivity contribution is 5.77. The van der Waals surface area contributed by atoms with Crippen molar-refractivity contribution in [3.05, 3.63) is 35.4 Å².